The molecular formula is C75H71BN2. The van der Waals surface area contributed by atoms with Crippen molar-refractivity contribution in [3.05, 3.63) is 304 Å². The van der Waals surface area contributed by atoms with Crippen LogP contribution in [0.1, 0.15) is 125 Å². The molecule has 12 rings (SSSR count). The first-order valence-corrected chi connectivity index (χ1v) is 28.0. The van der Waals surface area contributed by atoms with E-state index in [0.717, 1.165) is 11.4 Å². The van der Waals surface area contributed by atoms with Crippen LogP contribution in [0.5, 0.6) is 0 Å². The second kappa shape index (κ2) is 19.1. The van der Waals surface area contributed by atoms with E-state index in [-0.39, 0.29) is 33.8 Å². The number of nitrogens with zero attached hydrogens (tertiary/aromatic N) is 2. The molecule has 0 saturated carbocycles. The van der Waals surface area contributed by atoms with E-state index in [4.69, 9.17) is 0 Å². The van der Waals surface area contributed by atoms with Crippen LogP contribution in [0.3, 0.4) is 0 Å². The van der Waals surface area contributed by atoms with Gasteiger partial charge in [0.2, 0.25) is 0 Å². The average molecular weight is 1010 g/mol. The Morgan fingerprint density at radius 2 is 0.474 bits per heavy atom. The normalized spacial score (nSPS) is 13.4. The number of rotatable bonds is 12. The van der Waals surface area contributed by atoms with Crippen molar-refractivity contribution in [3.8, 4) is 0 Å². The molecule has 78 heavy (non-hydrogen) atoms. The summed E-state index contributed by atoms with van der Waals surface area (Å²) in [5.74, 6) is 0. The van der Waals surface area contributed by atoms with Crippen molar-refractivity contribution in [1.29, 1.82) is 0 Å². The van der Waals surface area contributed by atoms with Crippen molar-refractivity contribution in [2.24, 2.45) is 0 Å². The highest BCUT2D eigenvalue weighted by Gasteiger charge is 2.46. The van der Waals surface area contributed by atoms with Gasteiger partial charge >= 0.3 is 0 Å². The van der Waals surface area contributed by atoms with Gasteiger partial charge in [0.05, 0.1) is 0 Å². The molecule has 10 aromatic rings. The third kappa shape index (κ3) is 8.42. The van der Waals surface area contributed by atoms with Gasteiger partial charge in [-0.1, -0.05) is 269 Å². The van der Waals surface area contributed by atoms with Gasteiger partial charge in [-0.15, -0.1) is 0 Å². The molecule has 3 heteroatoms. The minimum absolute atomic E-state index is 0.0907. The lowest BCUT2D eigenvalue weighted by Crippen LogP contribution is -2.62. The van der Waals surface area contributed by atoms with E-state index in [0.29, 0.717) is 0 Å². The first kappa shape index (κ1) is 50.7. The van der Waals surface area contributed by atoms with Crippen LogP contribution in [0.2, 0.25) is 0 Å². The quantitative estimate of drug-likeness (QED) is 0.113. The Balaban J connectivity index is 1.15. The predicted molar refractivity (Wildman–Crippen MR) is 333 cm³/mol. The third-order valence-electron chi connectivity index (χ3n) is 18.4. The van der Waals surface area contributed by atoms with Gasteiger partial charge in [0.1, 0.15) is 0 Å². The van der Waals surface area contributed by atoms with Gasteiger partial charge in [-0.3, -0.25) is 0 Å². The molecule has 0 amide bonds. The molecule has 384 valence electrons. The number of fused-ring (bicyclic) bond motifs is 4. The van der Waals surface area contributed by atoms with E-state index in [1.165, 1.54) is 94.8 Å². The molecule has 0 saturated heterocycles. The predicted octanol–water partition coefficient (Wildman–Crippen LogP) is 17.4. The molecule has 0 radical (unpaired) electrons. The van der Waals surface area contributed by atoms with Crippen LogP contribution in [-0.4, -0.2) is 6.71 Å². The van der Waals surface area contributed by atoms with Crippen molar-refractivity contribution in [2.75, 3.05) is 9.80 Å². The molecule has 0 fully saturated rings. The zero-order valence-corrected chi connectivity index (χ0v) is 47.1. The molecule has 2 aliphatic heterocycles. The van der Waals surface area contributed by atoms with Gasteiger partial charge in [-0.05, 0) is 121 Å². The number of hydrogen-bond acceptors (Lipinski definition) is 2. The van der Waals surface area contributed by atoms with Gasteiger partial charge in [0, 0.05) is 61.2 Å². The van der Waals surface area contributed by atoms with E-state index >= 15 is 0 Å². The molecule has 2 aliphatic rings. The molecule has 0 aliphatic carbocycles. The highest BCUT2D eigenvalue weighted by atomic mass is 15.2. The van der Waals surface area contributed by atoms with Crippen LogP contribution in [0, 0.1) is 0 Å². The van der Waals surface area contributed by atoms with Gasteiger partial charge in [0.15, 0.2) is 0 Å². The van der Waals surface area contributed by atoms with Crippen molar-refractivity contribution in [1.82, 2.24) is 0 Å². The first-order valence-electron chi connectivity index (χ1n) is 28.0. The third-order valence-corrected chi connectivity index (χ3v) is 18.4. The fraction of sp³-hybridized carbons (Fsp3) is 0.200. The second-order valence-corrected chi connectivity index (χ2v) is 24.6. The number of hydrogen-bond donors (Lipinski definition) is 0. The van der Waals surface area contributed by atoms with Crippen molar-refractivity contribution < 1.29 is 0 Å². The smallest absolute Gasteiger partial charge is 0.252 e. The zero-order valence-electron chi connectivity index (χ0n) is 47.1. The van der Waals surface area contributed by atoms with Gasteiger partial charge in [-0.2, -0.15) is 0 Å². The highest BCUT2D eigenvalue weighted by Crippen LogP contribution is 2.49. The van der Waals surface area contributed by atoms with Gasteiger partial charge in [0.25, 0.3) is 6.71 Å². The molecule has 0 bridgehead atoms. The fourth-order valence-corrected chi connectivity index (χ4v) is 12.9. The van der Waals surface area contributed by atoms with E-state index in [9.17, 15) is 0 Å². The lowest BCUT2D eigenvalue weighted by molar-refractivity contribution is 0.640. The van der Waals surface area contributed by atoms with Gasteiger partial charge < -0.3 is 9.80 Å². The standard InChI is InChI=1S/C75H71BN2/c1-71(2,52-26-16-11-17-27-52)57-36-42-62(43-37-57)77-66-46-40-59(73(5,6)54-30-20-13-21-31-54)48-64(66)76-65-49-60(74(7,8)55-32-22-14-23-33-55)41-47-67(65)78(63-44-38-58(39-45-63)72(3,4)53-28-18-12-19-29-53)69-51-61(50-68(77)70(69)76)75(9,10)56-34-24-15-25-35-56/h11-51H,1-10H3. The fourth-order valence-electron chi connectivity index (χ4n) is 12.9. The highest BCUT2D eigenvalue weighted by molar-refractivity contribution is 7.00. The van der Waals surface area contributed by atoms with Crippen LogP contribution >= 0.6 is 0 Å². The molecular weight excluding hydrogens is 940 g/mol. The van der Waals surface area contributed by atoms with E-state index in [1.807, 2.05) is 0 Å². The summed E-state index contributed by atoms with van der Waals surface area (Å²) in [6, 6.07) is 93.8. The minimum atomic E-state index is -0.347. The lowest BCUT2D eigenvalue weighted by Gasteiger charge is -2.46. The van der Waals surface area contributed by atoms with Crippen LogP contribution in [-0.2, 0) is 27.1 Å². The number of benzene rings is 10. The maximum absolute atomic E-state index is 2.60. The Hall–Kier alpha value is -8.14. The Morgan fingerprint density at radius 1 is 0.231 bits per heavy atom. The topological polar surface area (TPSA) is 6.48 Å². The molecule has 2 nitrogen and oxygen atoms in total. The summed E-state index contributed by atoms with van der Waals surface area (Å²) in [5, 5.41) is 0. The molecule has 0 N–H and O–H groups in total. The molecule has 0 unspecified atom stereocenters. The largest absolute Gasteiger partial charge is 0.311 e. The average Bonchev–Trinajstić information content (AvgIpc) is 3.59. The Kier molecular flexibility index (Phi) is 12.4. The van der Waals surface area contributed by atoms with Crippen molar-refractivity contribution in [2.45, 2.75) is 96.3 Å². The summed E-state index contributed by atoms with van der Waals surface area (Å²) in [5.41, 5.74) is 22.6. The first-order chi connectivity index (χ1) is 37.5. The monoisotopic (exact) mass is 1010 g/mol. The summed E-state index contributed by atoms with van der Waals surface area (Å²) in [7, 11) is 0. The number of anilines is 6. The Labute approximate surface area is 465 Å². The maximum Gasteiger partial charge on any atom is 0.252 e. The van der Waals surface area contributed by atoms with Crippen LogP contribution in [0.4, 0.5) is 34.1 Å². The summed E-state index contributed by atoms with van der Waals surface area (Å²) in [6.45, 7) is 23.6. The van der Waals surface area contributed by atoms with Crippen LogP contribution in [0.15, 0.2) is 249 Å². The minimum Gasteiger partial charge on any atom is -0.311 e. The SMILES string of the molecule is CC(C)(c1ccccc1)c1ccc(N2c3ccc(C(C)(C)c4ccccc4)cc3B3c4cc(C(C)(C)c5ccccc5)ccc4N(c4ccc(C(C)(C)c5ccccc5)cc4)c4cc(C(C)(C)c5ccccc5)cc2c43)cc1. The molecule has 10 aromatic carbocycles. The van der Waals surface area contributed by atoms with Crippen molar-refractivity contribution in [3.63, 3.8) is 0 Å². The van der Waals surface area contributed by atoms with E-state index in [2.05, 4.69) is 328 Å². The molecule has 2 heterocycles. The Morgan fingerprint density at radius 3 is 0.769 bits per heavy atom. The summed E-state index contributed by atoms with van der Waals surface area (Å²) >= 11 is 0. The van der Waals surface area contributed by atoms with E-state index < -0.39 is 0 Å². The second-order valence-electron chi connectivity index (χ2n) is 24.6. The summed E-state index contributed by atoms with van der Waals surface area (Å²) < 4.78 is 0. The van der Waals surface area contributed by atoms with Crippen LogP contribution in [0.25, 0.3) is 0 Å². The van der Waals surface area contributed by atoms with Crippen LogP contribution < -0.4 is 26.2 Å². The van der Waals surface area contributed by atoms with Gasteiger partial charge in [-0.25, -0.2) is 0 Å². The molecule has 0 atom stereocenters. The zero-order chi connectivity index (χ0) is 54.2. The van der Waals surface area contributed by atoms with Crippen molar-refractivity contribution >= 4 is 57.2 Å². The van der Waals surface area contributed by atoms with E-state index in [1.54, 1.807) is 0 Å². The Bertz CT molecular complexity index is 3560. The molecule has 0 aromatic heterocycles. The molecule has 0 spiro atoms. The lowest BCUT2D eigenvalue weighted by atomic mass is 9.33. The summed E-state index contributed by atoms with van der Waals surface area (Å²) in [6.07, 6.45) is 0. The summed E-state index contributed by atoms with van der Waals surface area (Å²) in [4.78, 5) is 5.19. The maximum atomic E-state index is 2.60.